The summed E-state index contributed by atoms with van der Waals surface area (Å²) in [6.45, 7) is 0.737. The largest absolute Gasteiger partial charge is 0.480 e. The van der Waals surface area contributed by atoms with Crippen molar-refractivity contribution in [2.24, 2.45) is 11.8 Å². The number of carbonyl (C=O) groups excluding carboxylic acids is 1. The van der Waals surface area contributed by atoms with Crippen molar-refractivity contribution >= 4 is 22.8 Å². The number of rotatable bonds is 4. The zero-order chi connectivity index (χ0) is 17.6. The second-order valence-electron chi connectivity index (χ2n) is 6.93. The maximum atomic E-state index is 13.2. The number of methoxy groups -OCH3 is 1. The minimum atomic E-state index is -0.924. The average Bonchev–Trinajstić information content (AvgIpc) is 3.26. The zero-order valence-electron chi connectivity index (χ0n) is 14.1. The van der Waals surface area contributed by atoms with E-state index < -0.39 is 12.0 Å². The van der Waals surface area contributed by atoms with Crippen LogP contribution in [0.1, 0.15) is 35.4 Å². The summed E-state index contributed by atoms with van der Waals surface area (Å²) >= 11 is 0. The third-order valence-corrected chi connectivity index (χ3v) is 5.59. The first kappa shape index (κ1) is 16.1. The van der Waals surface area contributed by atoms with Crippen LogP contribution in [0, 0.1) is 11.8 Å². The van der Waals surface area contributed by atoms with E-state index in [1.54, 1.807) is 13.2 Å². The van der Waals surface area contributed by atoms with E-state index in [1.165, 1.54) is 4.90 Å². The van der Waals surface area contributed by atoms with E-state index >= 15 is 0 Å². The Labute approximate surface area is 145 Å². The highest BCUT2D eigenvalue weighted by molar-refractivity contribution is 6.00. The number of fused-ring (bicyclic) bond motifs is 2. The Hall–Kier alpha value is -2.34. The quantitative estimate of drug-likeness (QED) is 0.923. The molecule has 2 aromatic rings. The van der Waals surface area contributed by atoms with Crippen molar-refractivity contribution in [3.8, 4) is 0 Å². The van der Waals surface area contributed by atoms with Gasteiger partial charge in [0, 0.05) is 24.6 Å². The van der Waals surface area contributed by atoms with Crippen LogP contribution in [-0.4, -0.2) is 41.6 Å². The van der Waals surface area contributed by atoms with Gasteiger partial charge < -0.3 is 19.2 Å². The first-order valence-electron chi connectivity index (χ1n) is 8.65. The smallest absolute Gasteiger partial charge is 0.326 e. The van der Waals surface area contributed by atoms with Crippen LogP contribution in [0.3, 0.4) is 0 Å². The van der Waals surface area contributed by atoms with E-state index in [1.807, 2.05) is 18.2 Å². The van der Waals surface area contributed by atoms with Crippen molar-refractivity contribution in [1.29, 1.82) is 0 Å². The minimum absolute atomic E-state index is 0.0525. The molecule has 1 aromatic heterocycles. The summed E-state index contributed by atoms with van der Waals surface area (Å²) in [5.41, 5.74) is 1.30. The molecular weight excluding hydrogens is 322 g/mol. The van der Waals surface area contributed by atoms with Gasteiger partial charge in [0.2, 0.25) is 0 Å². The number of carboxylic acid groups (broad SMARTS) is 1. The topological polar surface area (TPSA) is 80.0 Å². The van der Waals surface area contributed by atoms with Gasteiger partial charge in [-0.15, -0.1) is 0 Å². The summed E-state index contributed by atoms with van der Waals surface area (Å²) < 4.78 is 11.1. The third-order valence-electron chi connectivity index (χ3n) is 5.59. The summed E-state index contributed by atoms with van der Waals surface area (Å²) in [5, 5.41) is 10.5. The minimum Gasteiger partial charge on any atom is -0.480 e. The Morgan fingerprint density at radius 1 is 1.32 bits per heavy atom. The summed E-state index contributed by atoms with van der Waals surface area (Å²) in [7, 11) is 1.57. The summed E-state index contributed by atoms with van der Waals surface area (Å²) in [5.74, 6) is -0.733. The standard InChI is InChI=1S/C19H21NO5/c1-24-10-14-13-6-2-3-8-15(13)25-17(14)18(21)20-9-11-5-4-7-12(11)16(20)19(22)23/h2-3,6,8,11-12,16H,4-5,7,9-10H2,1H3,(H,22,23). The molecule has 1 aliphatic carbocycles. The average molecular weight is 343 g/mol. The van der Waals surface area contributed by atoms with E-state index in [2.05, 4.69) is 0 Å². The predicted octanol–water partition coefficient (Wildman–Crippen LogP) is 2.90. The maximum Gasteiger partial charge on any atom is 0.326 e. The van der Waals surface area contributed by atoms with Gasteiger partial charge in [0.25, 0.3) is 5.91 Å². The maximum absolute atomic E-state index is 13.2. The van der Waals surface area contributed by atoms with Crippen LogP contribution in [0.15, 0.2) is 28.7 Å². The molecule has 1 amide bonds. The van der Waals surface area contributed by atoms with Crippen molar-refractivity contribution in [3.05, 3.63) is 35.6 Å². The van der Waals surface area contributed by atoms with Gasteiger partial charge in [0.1, 0.15) is 11.6 Å². The number of aliphatic carboxylic acids is 1. The molecule has 6 nitrogen and oxygen atoms in total. The molecule has 25 heavy (non-hydrogen) atoms. The monoisotopic (exact) mass is 343 g/mol. The van der Waals surface area contributed by atoms with Crippen LogP contribution in [0.25, 0.3) is 11.0 Å². The molecule has 1 aromatic carbocycles. The Balaban J connectivity index is 1.74. The molecule has 132 valence electrons. The lowest BCUT2D eigenvalue weighted by molar-refractivity contribution is -0.142. The number of carboxylic acids is 1. The fourth-order valence-corrected chi connectivity index (χ4v) is 4.52. The Morgan fingerprint density at radius 2 is 2.12 bits per heavy atom. The molecule has 2 heterocycles. The highest BCUT2D eigenvalue weighted by Crippen LogP contribution is 2.43. The number of para-hydroxylation sites is 1. The fourth-order valence-electron chi connectivity index (χ4n) is 4.52. The molecular formula is C19H21NO5. The van der Waals surface area contributed by atoms with Gasteiger partial charge in [-0.3, -0.25) is 4.79 Å². The van der Waals surface area contributed by atoms with Crippen LogP contribution in [0.2, 0.25) is 0 Å². The Morgan fingerprint density at radius 3 is 2.88 bits per heavy atom. The first-order valence-corrected chi connectivity index (χ1v) is 8.65. The number of hydrogen-bond acceptors (Lipinski definition) is 4. The lowest BCUT2D eigenvalue weighted by atomic mass is 9.94. The number of ether oxygens (including phenoxy) is 1. The molecule has 0 radical (unpaired) electrons. The Kier molecular flexibility index (Phi) is 4.00. The van der Waals surface area contributed by atoms with Crippen molar-refractivity contribution in [2.75, 3.05) is 13.7 Å². The van der Waals surface area contributed by atoms with E-state index in [9.17, 15) is 14.7 Å². The van der Waals surface area contributed by atoms with Gasteiger partial charge >= 0.3 is 5.97 Å². The van der Waals surface area contributed by atoms with Crippen molar-refractivity contribution < 1.29 is 23.8 Å². The normalized spacial score (nSPS) is 25.5. The number of nitrogens with zero attached hydrogens (tertiary/aromatic N) is 1. The lowest BCUT2D eigenvalue weighted by Crippen LogP contribution is -2.43. The van der Waals surface area contributed by atoms with Crippen LogP contribution in [-0.2, 0) is 16.1 Å². The van der Waals surface area contributed by atoms with Crippen molar-refractivity contribution in [1.82, 2.24) is 4.90 Å². The molecule has 6 heteroatoms. The number of carbonyl (C=O) groups is 2. The van der Waals surface area contributed by atoms with Gasteiger partial charge in [-0.1, -0.05) is 24.6 Å². The van der Waals surface area contributed by atoms with Crippen molar-refractivity contribution in [3.63, 3.8) is 0 Å². The number of amides is 1. The van der Waals surface area contributed by atoms with Gasteiger partial charge in [-0.05, 0) is 30.7 Å². The molecule has 2 aliphatic rings. The SMILES string of the molecule is COCc1c(C(=O)N2CC3CCCC3C2C(=O)O)oc2ccccc12. The molecule has 1 saturated carbocycles. The van der Waals surface area contributed by atoms with Crippen LogP contribution >= 0.6 is 0 Å². The molecule has 0 bridgehead atoms. The summed E-state index contributed by atoms with van der Waals surface area (Å²) in [4.78, 5) is 26.5. The third kappa shape index (κ3) is 2.52. The molecule has 1 saturated heterocycles. The molecule has 0 spiro atoms. The van der Waals surface area contributed by atoms with E-state index in [-0.39, 0.29) is 30.1 Å². The van der Waals surface area contributed by atoms with E-state index in [0.717, 1.165) is 24.6 Å². The highest BCUT2D eigenvalue weighted by atomic mass is 16.5. The van der Waals surface area contributed by atoms with E-state index in [4.69, 9.17) is 9.15 Å². The summed E-state index contributed by atoms with van der Waals surface area (Å²) in [6, 6.07) is 6.65. The summed E-state index contributed by atoms with van der Waals surface area (Å²) in [6.07, 6.45) is 2.90. The number of furan rings is 1. The zero-order valence-corrected chi connectivity index (χ0v) is 14.1. The van der Waals surface area contributed by atoms with Crippen molar-refractivity contribution in [2.45, 2.75) is 31.9 Å². The first-order chi connectivity index (χ1) is 12.1. The number of benzene rings is 1. The number of hydrogen-bond donors (Lipinski definition) is 1. The second kappa shape index (κ2) is 6.19. The van der Waals surface area contributed by atoms with Crippen LogP contribution in [0.4, 0.5) is 0 Å². The second-order valence-corrected chi connectivity index (χ2v) is 6.93. The molecule has 1 aliphatic heterocycles. The lowest BCUT2D eigenvalue weighted by Gasteiger charge is -2.23. The molecule has 4 rings (SSSR count). The number of likely N-dealkylation sites (tertiary alicyclic amines) is 1. The fraction of sp³-hybridized carbons (Fsp3) is 0.474. The van der Waals surface area contributed by atoms with Gasteiger partial charge in [-0.2, -0.15) is 0 Å². The van der Waals surface area contributed by atoms with Crippen LogP contribution in [0.5, 0.6) is 0 Å². The predicted molar refractivity (Wildman–Crippen MR) is 90.2 cm³/mol. The molecule has 3 atom stereocenters. The highest BCUT2D eigenvalue weighted by Gasteiger charge is 2.50. The molecule has 3 unspecified atom stereocenters. The molecule has 1 N–H and O–H groups in total. The van der Waals surface area contributed by atoms with E-state index in [0.29, 0.717) is 17.7 Å². The van der Waals surface area contributed by atoms with Gasteiger partial charge in [-0.25, -0.2) is 4.79 Å². The van der Waals surface area contributed by atoms with Gasteiger partial charge in [0.15, 0.2) is 5.76 Å². The molecule has 2 fully saturated rings. The Bertz CT molecular complexity index is 826. The van der Waals surface area contributed by atoms with Gasteiger partial charge in [0.05, 0.1) is 6.61 Å². The van der Waals surface area contributed by atoms with Crippen LogP contribution < -0.4 is 0 Å².